The Bertz CT molecular complexity index is 535. The molecule has 19 heavy (non-hydrogen) atoms. The minimum Gasteiger partial charge on any atom is -0.370 e. The molecule has 0 saturated heterocycles. The van der Waals surface area contributed by atoms with E-state index >= 15 is 0 Å². The van der Waals surface area contributed by atoms with Gasteiger partial charge in [0.1, 0.15) is 5.82 Å². The van der Waals surface area contributed by atoms with Crippen LogP contribution in [0.1, 0.15) is 31.7 Å². The Morgan fingerprint density at radius 3 is 2.63 bits per heavy atom. The quantitative estimate of drug-likeness (QED) is 0.896. The van der Waals surface area contributed by atoms with Gasteiger partial charge >= 0.3 is 0 Å². The molecule has 0 aliphatic rings. The highest BCUT2D eigenvalue weighted by molar-refractivity contribution is 5.59. The number of hydrogen-bond donors (Lipinski definition) is 1. The van der Waals surface area contributed by atoms with Gasteiger partial charge in [-0.1, -0.05) is 13.3 Å². The lowest BCUT2D eigenvalue weighted by Crippen LogP contribution is -2.04. The Morgan fingerprint density at radius 1 is 1.26 bits per heavy atom. The average molecular weight is 259 g/mol. The van der Waals surface area contributed by atoms with E-state index in [2.05, 4.69) is 34.2 Å². The van der Waals surface area contributed by atoms with Gasteiger partial charge in [0.15, 0.2) is 5.82 Å². The summed E-state index contributed by atoms with van der Waals surface area (Å²) < 4.78 is 1.85. The summed E-state index contributed by atoms with van der Waals surface area (Å²) in [6.07, 6.45) is 3.87. The van der Waals surface area contributed by atoms with Crippen LogP contribution in [0.15, 0.2) is 12.3 Å². The van der Waals surface area contributed by atoms with Crippen molar-refractivity contribution in [2.75, 3.05) is 11.9 Å². The molecule has 0 radical (unpaired) electrons. The zero-order valence-corrected chi connectivity index (χ0v) is 12.1. The molecule has 0 unspecified atom stereocenters. The zero-order chi connectivity index (χ0) is 13.8. The first-order valence-corrected chi connectivity index (χ1v) is 6.76. The SMILES string of the molecule is CCCc1cc(NCC)nc(-c2cnn(C)c2C)n1. The van der Waals surface area contributed by atoms with E-state index in [0.29, 0.717) is 0 Å². The van der Waals surface area contributed by atoms with Crippen molar-refractivity contribution >= 4 is 5.82 Å². The molecule has 0 aliphatic heterocycles. The lowest BCUT2D eigenvalue weighted by molar-refractivity contribution is 0.740. The van der Waals surface area contributed by atoms with Crippen molar-refractivity contribution in [1.29, 1.82) is 0 Å². The first kappa shape index (κ1) is 13.5. The maximum Gasteiger partial charge on any atom is 0.165 e. The molecule has 0 fully saturated rings. The molecule has 5 heteroatoms. The van der Waals surface area contributed by atoms with Gasteiger partial charge in [0.2, 0.25) is 0 Å². The predicted octanol–water partition coefficient (Wildman–Crippen LogP) is 2.57. The second-order valence-corrected chi connectivity index (χ2v) is 4.62. The van der Waals surface area contributed by atoms with Crippen LogP contribution in [0.2, 0.25) is 0 Å². The van der Waals surface area contributed by atoms with Crippen LogP contribution >= 0.6 is 0 Å². The average Bonchev–Trinajstić information content (AvgIpc) is 2.71. The molecule has 0 saturated carbocycles. The van der Waals surface area contributed by atoms with Gasteiger partial charge in [-0.3, -0.25) is 4.68 Å². The molecule has 5 nitrogen and oxygen atoms in total. The highest BCUT2D eigenvalue weighted by Crippen LogP contribution is 2.21. The minimum absolute atomic E-state index is 0.757. The fraction of sp³-hybridized carbons (Fsp3) is 0.500. The maximum absolute atomic E-state index is 4.65. The van der Waals surface area contributed by atoms with Gasteiger partial charge in [0.05, 0.1) is 11.8 Å². The third-order valence-corrected chi connectivity index (χ3v) is 3.12. The molecule has 0 atom stereocenters. The van der Waals surface area contributed by atoms with Gasteiger partial charge in [-0.05, 0) is 20.3 Å². The largest absolute Gasteiger partial charge is 0.370 e. The number of aryl methyl sites for hydroxylation is 2. The lowest BCUT2D eigenvalue weighted by Gasteiger charge is -2.08. The van der Waals surface area contributed by atoms with E-state index in [9.17, 15) is 0 Å². The van der Waals surface area contributed by atoms with Crippen LogP contribution in [0.25, 0.3) is 11.4 Å². The van der Waals surface area contributed by atoms with Crippen molar-refractivity contribution in [2.45, 2.75) is 33.6 Å². The van der Waals surface area contributed by atoms with E-state index in [1.807, 2.05) is 30.9 Å². The maximum atomic E-state index is 4.65. The minimum atomic E-state index is 0.757. The molecule has 0 bridgehead atoms. The Hall–Kier alpha value is -1.91. The van der Waals surface area contributed by atoms with Crippen LogP contribution < -0.4 is 5.32 Å². The number of anilines is 1. The van der Waals surface area contributed by atoms with Gasteiger partial charge in [0, 0.05) is 31.0 Å². The molecule has 2 aromatic heterocycles. The summed E-state index contributed by atoms with van der Waals surface area (Å²) >= 11 is 0. The number of aromatic nitrogens is 4. The number of nitrogens with zero attached hydrogens (tertiary/aromatic N) is 4. The van der Waals surface area contributed by atoms with Gasteiger partial charge in [-0.2, -0.15) is 5.10 Å². The van der Waals surface area contributed by atoms with Crippen LogP contribution in [0.5, 0.6) is 0 Å². The summed E-state index contributed by atoms with van der Waals surface area (Å²) in [5.41, 5.74) is 3.16. The molecule has 2 heterocycles. The number of rotatable bonds is 5. The van der Waals surface area contributed by atoms with Crippen LogP contribution in [0, 0.1) is 6.92 Å². The summed E-state index contributed by atoms with van der Waals surface area (Å²) in [5.74, 6) is 1.65. The van der Waals surface area contributed by atoms with Gasteiger partial charge in [-0.25, -0.2) is 9.97 Å². The molecule has 102 valence electrons. The van der Waals surface area contributed by atoms with Crippen molar-refractivity contribution < 1.29 is 0 Å². The molecule has 0 aliphatic carbocycles. The fourth-order valence-corrected chi connectivity index (χ4v) is 1.99. The highest BCUT2D eigenvalue weighted by Gasteiger charge is 2.11. The lowest BCUT2D eigenvalue weighted by atomic mass is 10.2. The molecular formula is C14H21N5. The second kappa shape index (κ2) is 5.82. The van der Waals surface area contributed by atoms with Crippen LogP contribution in [0.4, 0.5) is 5.82 Å². The topological polar surface area (TPSA) is 55.6 Å². The van der Waals surface area contributed by atoms with E-state index in [4.69, 9.17) is 0 Å². The van der Waals surface area contributed by atoms with Crippen molar-refractivity contribution in [3.8, 4) is 11.4 Å². The van der Waals surface area contributed by atoms with Crippen LogP contribution in [-0.4, -0.2) is 26.3 Å². The van der Waals surface area contributed by atoms with Crippen molar-refractivity contribution in [3.05, 3.63) is 23.7 Å². The molecule has 0 aromatic carbocycles. The first-order chi connectivity index (χ1) is 9.15. The molecule has 2 rings (SSSR count). The van der Waals surface area contributed by atoms with E-state index in [1.165, 1.54) is 0 Å². The summed E-state index contributed by atoms with van der Waals surface area (Å²) in [7, 11) is 1.93. The smallest absolute Gasteiger partial charge is 0.165 e. The fourth-order valence-electron chi connectivity index (χ4n) is 1.99. The van der Waals surface area contributed by atoms with E-state index < -0.39 is 0 Å². The molecule has 2 aromatic rings. The standard InChI is InChI=1S/C14H21N5/c1-5-7-11-8-13(15-6-2)18-14(17-11)12-9-16-19(4)10(12)3/h8-9H,5-7H2,1-4H3,(H,15,17,18). The monoisotopic (exact) mass is 259 g/mol. The predicted molar refractivity (Wildman–Crippen MR) is 77.1 cm³/mol. The summed E-state index contributed by atoms with van der Waals surface area (Å²) in [6.45, 7) is 7.11. The second-order valence-electron chi connectivity index (χ2n) is 4.62. The molecule has 0 spiro atoms. The van der Waals surface area contributed by atoms with Crippen LogP contribution in [-0.2, 0) is 13.5 Å². The Labute approximate surface area is 114 Å². The molecule has 0 amide bonds. The first-order valence-electron chi connectivity index (χ1n) is 6.76. The van der Waals surface area contributed by atoms with Gasteiger partial charge < -0.3 is 5.32 Å². The molecule has 1 N–H and O–H groups in total. The third kappa shape index (κ3) is 2.92. The van der Waals surface area contributed by atoms with Gasteiger partial charge in [-0.15, -0.1) is 0 Å². The highest BCUT2D eigenvalue weighted by atomic mass is 15.3. The summed E-state index contributed by atoms with van der Waals surface area (Å²) in [5, 5.41) is 7.52. The third-order valence-electron chi connectivity index (χ3n) is 3.12. The summed E-state index contributed by atoms with van der Waals surface area (Å²) in [4.78, 5) is 9.22. The number of hydrogen-bond acceptors (Lipinski definition) is 4. The van der Waals surface area contributed by atoms with E-state index in [1.54, 1.807) is 0 Å². The molecular weight excluding hydrogens is 238 g/mol. The van der Waals surface area contributed by atoms with Gasteiger partial charge in [0.25, 0.3) is 0 Å². The van der Waals surface area contributed by atoms with Crippen molar-refractivity contribution in [1.82, 2.24) is 19.7 Å². The Morgan fingerprint density at radius 2 is 2.05 bits per heavy atom. The van der Waals surface area contributed by atoms with Crippen LogP contribution in [0.3, 0.4) is 0 Å². The summed E-state index contributed by atoms with van der Waals surface area (Å²) in [6, 6.07) is 2.03. The van der Waals surface area contributed by atoms with E-state index in [0.717, 1.165) is 48.0 Å². The van der Waals surface area contributed by atoms with Crippen molar-refractivity contribution in [3.63, 3.8) is 0 Å². The normalized spacial score (nSPS) is 10.7. The zero-order valence-electron chi connectivity index (χ0n) is 12.1. The van der Waals surface area contributed by atoms with Crippen molar-refractivity contribution in [2.24, 2.45) is 7.05 Å². The Kier molecular flexibility index (Phi) is 4.14. The Balaban J connectivity index is 2.46. The van der Waals surface area contributed by atoms with E-state index in [-0.39, 0.29) is 0 Å². The number of nitrogens with one attached hydrogen (secondary N) is 1.